The molecule has 0 radical (unpaired) electrons. The predicted molar refractivity (Wildman–Crippen MR) is 97.1 cm³/mol. The number of aliphatic hydroxyl groups is 1. The Morgan fingerprint density at radius 2 is 1.88 bits per heavy atom. The van der Waals surface area contributed by atoms with Crippen molar-refractivity contribution < 1.29 is 19.7 Å². The highest BCUT2D eigenvalue weighted by Crippen LogP contribution is 2.25. The van der Waals surface area contributed by atoms with E-state index in [-0.39, 0.29) is 12.2 Å². The fourth-order valence-electron chi connectivity index (χ4n) is 3.22. The molecule has 0 bridgehead atoms. The lowest BCUT2D eigenvalue weighted by atomic mass is 10.0. The summed E-state index contributed by atoms with van der Waals surface area (Å²) >= 11 is 0. The van der Waals surface area contributed by atoms with Gasteiger partial charge in [0.05, 0.1) is 18.3 Å². The number of rotatable bonds is 14. The maximum Gasteiger partial charge on any atom is 0.303 e. The van der Waals surface area contributed by atoms with Crippen LogP contribution in [-0.2, 0) is 9.53 Å². The number of aliphatic hydroxyl groups excluding tert-OH is 1. The maximum atomic E-state index is 10.4. The van der Waals surface area contributed by atoms with Crippen LogP contribution in [-0.4, -0.2) is 34.5 Å². The molecule has 1 aliphatic heterocycles. The molecule has 1 aliphatic rings. The summed E-state index contributed by atoms with van der Waals surface area (Å²) in [6.07, 6.45) is 17.3. The molecule has 0 saturated carbocycles. The normalized spacial score (nSPS) is 22.2. The highest BCUT2D eigenvalue weighted by Gasteiger charge is 2.22. The van der Waals surface area contributed by atoms with Crippen LogP contribution in [0.1, 0.15) is 90.4 Å². The first kappa shape index (κ1) is 21.2. The summed E-state index contributed by atoms with van der Waals surface area (Å²) in [4.78, 5) is 10.4. The van der Waals surface area contributed by atoms with Gasteiger partial charge in [0, 0.05) is 6.42 Å². The molecule has 3 atom stereocenters. The standard InChI is InChI=1S/C20H36O4/c1-2-3-7-10-17(21)13-14-19-16-15-18(24-19)11-8-5-4-6-9-12-20(22)23/h13-14,17-19,21H,2-12,15-16H2,1H3,(H,22,23)/b14-13+. The van der Waals surface area contributed by atoms with Crippen LogP contribution < -0.4 is 0 Å². The molecule has 1 rings (SSSR count). The van der Waals surface area contributed by atoms with E-state index >= 15 is 0 Å². The number of hydrogen-bond donors (Lipinski definition) is 2. The zero-order valence-corrected chi connectivity index (χ0v) is 15.3. The van der Waals surface area contributed by atoms with E-state index in [0.717, 1.165) is 64.2 Å². The summed E-state index contributed by atoms with van der Waals surface area (Å²) in [6.45, 7) is 2.17. The van der Waals surface area contributed by atoms with Crippen molar-refractivity contribution >= 4 is 5.97 Å². The van der Waals surface area contributed by atoms with Crippen molar-refractivity contribution in [2.24, 2.45) is 0 Å². The van der Waals surface area contributed by atoms with Gasteiger partial charge in [-0.15, -0.1) is 0 Å². The van der Waals surface area contributed by atoms with Gasteiger partial charge in [0.1, 0.15) is 0 Å². The topological polar surface area (TPSA) is 66.8 Å². The predicted octanol–water partition coefficient (Wildman–Crippen LogP) is 4.85. The molecule has 4 nitrogen and oxygen atoms in total. The number of carbonyl (C=O) groups is 1. The Morgan fingerprint density at radius 3 is 2.62 bits per heavy atom. The van der Waals surface area contributed by atoms with Gasteiger partial charge in [0.15, 0.2) is 0 Å². The van der Waals surface area contributed by atoms with Gasteiger partial charge in [-0.05, 0) is 32.1 Å². The van der Waals surface area contributed by atoms with Crippen LogP contribution in [0.2, 0.25) is 0 Å². The third-order valence-corrected chi connectivity index (χ3v) is 4.71. The number of aliphatic carboxylic acids is 1. The van der Waals surface area contributed by atoms with Crippen LogP contribution in [0.15, 0.2) is 12.2 Å². The summed E-state index contributed by atoms with van der Waals surface area (Å²) in [7, 11) is 0. The van der Waals surface area contributed by atoms with E-state index < -0.39 is 5.97 Å². The fraction of sp³-hybridized carbons (Fsp3) is 0.850. The summed E-state index contributed by atoms with van der Waals surface area (Å²) in [5, 5.41) is 18.5. The van der Waals surface area contributed by atoms with Crippen molar-refractivity contribution in [3.05, 3.63) is 12.2 Å². The third kappa shape index (κ3) is 10.8. The van der Waals surface area contributed by atoms with E-state index in [1.165, 1.54) is 12.8 Å². The van der Waals surface area contributed by atoms with E-state index in [1.54, 1.807) is 0 Å². The second-order valence-corrected chi connectivity index (χ2v) is 7.02. The average molecular weight is 341 g/mol. The van der Waals surface area contributed by atoms with Gasteiger partial charge in [-0.1, -0.05) is 64.0 Å². The smallest absolute Gasteiger partial charge is 0.303 e. The molecule has 0 spiro atoms. The van der Waals surface area contributed by atoms with Gasteiger partial charge >= 0.3 is 5.97 Å². The minimum atomic E-state index is -0.691. The molecule has 0 aromatic carbocycles. The molecule has 0 aliphatic carbocycles. The lowest BCUT2D eigenvalue weighted by Crippen LogP contribution is -2.10. The van der Waals surface area contributed by atoms with Crippen molar-refractivity contribution in [1.82, 2.24) is 0 Å². The van der Waals surface area contributed by atoms with Gasteiger partial charge in [-0.25, -0.2) is 0 Å². The van der Waals surface area contributed by atoms with Gasteiger partial charge in [-0.3, -0.25) is 4.79 Å². The second-order valence-electron chi connectivity index (χ2n) is 7.02. The van der Waals surface area contributed by atoms with E-state index in [1.807, 2.05) is 12.2 Å². The highest BCUT2D eigenvalue weighted by atomic mass is 16.5. The van der Waals surface area contributed by atoms with E-state index in [0.29, 0.717) is 12.5 Å². The molecule has 24 heavy (non-hydrogen) atoms. The zero-order valence-electron chi connectivity index (χ0n) is 15.3. The van der Waals surface area contributed by atoms with Crippen LogP contribution in [0.5, 0.6) is 0 Å². The molecular formula is C20H36O4. The third-order valence-electron chi connectivity index (χ3n) is 4.71. The summed E-state index contributed by atoms with van der Waals surface area (Å²) in [5.74, 6) is -0.691. The molecule has 0 aromatic rings. The van der Waals surface area contributed by atoms with Gasteiger partial charge < -0.3 is 14.9 Å². The van der Waals surface area contributed by atoms with Crippen LogP contribution in [0.4, 0.5) is 0 Å². The monoisotopic (exact) mass is 340 g/mol. The van der Waals surface area contributed by atoms with Gasteiger partial charge in [0.25, 0.3) is 0 Å². The lowest BCUT2D eigenvalue weighted by molar-refractivity contribution is -0.137. The molecule has 3 unspecified atom stereocenters. The van der Waals surface area contributed by atoms with Gasteiger partial charge in [-0.2, -0.15) is 0 Å². The van der Waals surface area contributed by atoms with Crippen molar-refractivity contribution in [3.8, 4) is 0 Å². The number of hydrogen-bond acceptors (Lipinski definition) is 3. The molecule has 4 heteroatoms. The molecule has 2 N–H and O–H groups in total. The van der Waals surface area contributed by atoms with Crippen molar-refractivity contribution in [2.75, 3.05) is 0 Å². The Labute approximate surface area is 147 Å². The fourth-order valence-corrected chi connectivity index (χ4v) is 3.22. The van der Waals surface area contributed by atoms with Crippen molar-refractivity contribution in [2.45, 2.75) is 109 Å². The van der Waals surface area contributed by atoms with Gasteiger partial charge in [0.2, 0.25) is 0 Å². The van der Waals surface area contributed by atoms with E-state index in [2.05, 4.69) is 6.92 Å². The molecule has 1 heterocycles. The molecule has 1 saturated heterocycles. The Hall–Kier alpha value is -0.870. The largest absolute Gasteiger partial charge is 0.481 e. The second kappa shape index (κ2) is 13.4. The van der Waals surface area contributed by atoms with E-state index in [9.17, 15) is 9.90 Å². The molecule has 0 amide bonds. The minimum Gasteiger partial charge on any atom is -0.481 e. The first-order chi connectivity index (χ1) is 11.6. The lowest BCUT2D eigenvalue weighted by Gasteiger charge is -2.12. The average Bonchev–Trinajstić information content (AvgIpc) is 3.00. The first-order valence-corrected chi connectivity index (χ1v) is 9.85. The number of unbranched alkanes of at least 4 members (excludes halogenated alkanes) is 6. The summed E-state index contributed by atoms with van der Waals surface area (Å²) in [6, 6.07) is 0. The highest BCUT2D eigenvalue weighted by molar-refractivity contribution is 5.66. The molecule has 0 aromatic heterocycles. The van der Waals surface area contributed by atoms with Crippen LogP contribution >= 0.6 is 0 Å². The zero-order chi connectivity index (χ0) is 17.6. The van der Waals surface area contributed by atoms with Crippen LogP contribution in [0.25, 0.3) is 0 Å². The molecular weight excluding hydrogens is 304 g/mol. The number of ether oxygens (including phenoxy) is 1. The number of carboxylic acids is 1. The molecule has 1 fully saturated rings. The minimum absolute atomic E-state index is 0.173. The van der Waals surface area contributed by atoms with Crippen LogP contribution in [0, 0.1) is 0 Å². The Bertz CT molecular complexity index is 354. The van der Waals surface area contributed by atoms with E-state index in [4.69, 9.17) is 9.84 Å². The molecule has 140 valence electrons. The Balaban J connectivity index is 2.02. The Morgan fingerprint density at radius 1 is 1.12 bits per heavy atom. The Kier molecular flexibility index (Phi) is 11.8. The quantitative estimate of drug-likeness (QED) is 0.350. The van der Waals surface area contributed by atoms with Crippen molar-refractivity contribution in [3.63, 3.8) is 0 Å². The SMILES string of the molecule is CCCCCC(O)/C=C/C1CCC(CCCCCCCC(=O)O)O1. The maximum absolute atomic E-state index is 10.4. The summed E-state index contributed by atoms with van der Waals surface area (Å²) in [5.41, 5.74) is 0. The summed E-state index contributed by atoms with van der Waals surface area (Å²) < 4.78 is 6.02. The first-order valence-electron chi connectivity index (χ1n) is 9.85. The van der Waals surface area contributed by atoms with Crippen molar-refractivity contribution in [1.29, 1.82) is 0 Å². The van der Waals surface area contributed by atoms with Crippen LogP contribution in [0.3, 0.4) is 0 Å². The number of carboxylic acid groups (broad SMARTS) is 1.